The van der Waals surface area contributed by atoms with Gasteiger partial charge in [0.1, 0.15) is 5.60 Å². The van der Waals surface area contributed by atoms with Crippen LogP contribution in [0.4, 0.5) is 4.79 Å². The molecule has 16 heavy (non-hydrogen) atoms. The third-order valence-corrected chi connectivity index (χ3v) is 1.51. The van der Waals surface area contributed by atoms with Gasteiger partial charge in [0.15, 0.2) is 0 Å². The van der Waals surface area contributed by atoms with Crippen molar-refractivity contribution in [1.29, 1.82) is 0 Å². The van der Waals surface area contributed by atoms with Gasteiger partial charge in [0.05, 0.1) is 12.5 Å². The fourth-order valence-corrected chi connectivity index (χ4v) is 1.00. The molecule has 90 valence electrons. The van der Waals surface area contributed by atoms with Crippen LogP contribution in [0.5, 0.6) is 0 Å². The van der Waals surface area contributed by atoms with Crippen LogP contribution in [0, 0.1) is 12.3 Å². The van der Waals surface area contributed by atoms with E-state index in [1.807, 2.05) is 0 Å². The number of carboxylic acids is 1. The lowest BCUT2D eigenvalue weighted by Crippen LogP contribution is -2.40. The van der Waals surface area contributed by atoms with Gasteiger partial charge in [0, 0.05) is 6.42 Å². The number of carbonyl (C=O) groups is 2. The first-order valence-electron chi connectivity index (χ1n) is 4.89. The van der Waals surface area contributed by atoms with E-state index < -0.39 is 23.7 Å². The first-order chi connectivity index (χ1) is 7.24. The Morgan fingerprint density at radius 2 is 2.06 bits per heavy atom. The highest BCUT2D eigenvalue weighted by Crippen LogP contribution is 2.07. The van der Waals surface area contributed by atoms with E-state index in [9.17, 15) is 9.59 Å². The SMILES string of the molecule is C#CCC(CC(=O)O)NC(=O)OC(C)(C)C. The summed E-state index contributed by atoms with van der Waals surface area (Å²) >= 11 is 0. The molecule has 0 bridgehead atoms. The van der Waals surface area contributed by atoms with Crippen LogP contribution in [-0.2, 0) is 9.53 Å². The number of hydrogen-bond donors (Lipinski definition) is 2. The van der Waals surface area contributed by atoms with Gasteiger partial charge in [-0.2, -0.15) is 0 Å². The summed E-state index contributed by atoms with van der Waals surface area (Å²) in [5, 5.41) is 11.0. The summed E-state index contributed by atoms with van der Waals surface area (Å²) in [5.74, 6) is 1.29. The van der Waals surface area contributed by atoms with E-state index in [2.05, 4.69) is 11.2 Å². The topological polar surface area (TPSA) is 75.6 Å². The molecule has 0 radical (unpaired) electrons. The van der Waals surface area contributed by atoms with Crippen molar-refractivity contribution < 1.29 is 19.4 Å². The molecule has 0 aliphatic rings. The Morgan fingerprint density at radius 1 is 1.50 bits per heavy atom. The molecule has 1 amide bonds. The van der Waals surface area contributed by atoms with Crippen LogP contribution < -0.4 is 5.32 Å². The van der Waals surface area contributed by atoms with Crippen LogP contribution in [0.3, 0.4) is 0 Å². The van der Waals surface area contributed by atoms with Gasteiger partial charge in [0.25, 0.3) is 0 Å². The number of carbonyl (C=O) groups excluding carboxylic acids is 1. The highest BCUT2D eigenvalue weighted by atomic mass is 16.6. The smallest absolute Gasteiger partial charge is 0.407 e. The maximum absolute atomic E-state index is 11.3. The van der Waals surface area contributed by atoms with Gasteiger partial charge in [-0.15, -0.1) is 12.3 Å². The second kappa shape index (κ2) is 6.01. The third-order valence-electron chi connectivity index (χ3n) is 1.51. The average molecular weight is 227 g/mol. The van der Waals surface area contributed by atoms with E-state index >= 15 is 0 Å². The van der Waals surface area contributed by atoms with Gasteiger partial charge in [-0.25, -0.2) is 4.79 Å². The van der Waals surface area contributed by atoms with Gasteiger partial charge in [0.2, 0.25) is 0 Å². The third kappa shape index (κ3) is 7.68. The molecule has 0 saturated carbocycles. The van der Waals surface area contributed by atoms with Gasteiger partial charge in [-0.3, -0.25) is 4.79 Å². The molecule has 0 saturated heterocycles. The fraction of sp³-hybridized carbons (Fsp3) is 0.636. The summed E-state index contributed by atoms with van der Waals surface area (Å²) in [6.45, 7) is 5.17. The molecular weight excluding hydrogens is 210 g/mol. The van der Waals surface area contributed by atoms with Crippen molar-refractivity contribution >= 4 is 12.1 Å². The quantitative estimate of drug-likeness (QED) is 0.711. The molecule has 0 aromatic carbocycles. The van der Waals surface area contributed by atoms with Crippen molar-refractivity contribution in [2.24, 2.45) is 0 Å². The molecule has 1 unspecified atom stereocenters. The first kappa shape index (κ1) is 14.3. The van der Waals surface area contributed by atoms with Crippen LogP contribution in [0.2, 0.25) is 0 Å². The largest absolute Gasteiger partial charge is 0.481 e. The molecule has 0 aliphatic heterocycles. The van der Waals surface area contributed by atoms with E-state index in [0.29, 0.717) is 0 Å². The van der Waals surface area contributed by atoms with Crippen LogP contribution in [0.25, 0.3) is 0 Å². The second-order valence-electron chi connectivity index (χ2n) is 4.35. The summed E-state index contributed by atoms with van der Waals surface area (Å²) in [6.07, 6.45) is 4.35. The molecule has 0 rings (SSSR count). The van der Waals surface area contributed by atoms with E-state index in [-0.39, 0.29) is 12.8 Å². The van der Waals surface area contributed by atoms with Crippen LogP contribution in [0.1, 0.15) is 33.6 Å². The zero-order valence-corrected chi connectivity index (χ0v) is 9.74. The Labute approximate surface area is 95.2 Å². The summed E-state index contributed by atoms with van der Waals surface area (Å²) in [4.78, 5) is 21.8. The van der Waals surface area contributed by atoms with Crippen molar-refractivity contribution in [3.63, 3.8) is 0 Å². The maximum Gasteiger partial charge on any atom is 0.407 e. The summed E-state index contributed by atoms with van der Waals surface area (Å²) < 4.78 is 4.98. The zero-order valence-electron chi connectivity index (χ0n) is 9.74. The van der Waals surface area contributed by atoms with Gasteiger partial charge in [-0.05, 0) is 20.8 Å². The fourth-order valence-electron chi connectivity index (χ4n) is 1.00. The molecule has 0 aromatic rings. The predicted octanol–water partition coefficient (Wildman–Crippen LogP) is 1.38. The predicted molar refractivity (Wildman–Crippen MR) is 58.9 cm³/mol. The maximum atomic E-state index is 11.3. The monoisotopic (exact) mass is 227 g/mol. The number of hydrogen-bond acceptors (Lipinski definition) is 3. The Kier molecular flexibility index (Phi) is 5.37. The normalized spacial score (nSPS) is 12.4. The Bertz CT molecular complexity index is 298. The number of carboxylic acid groups (broad SMARTS) is 1. The number of ether oxygens (including phenoxy) is 1. The van der Waals surface area contributed by atoms with Crippen LogP contribution >= 0.6 is 0 Å². The van der Waals surface area contributed by atoms with E-state index in [4.69, 9.17) is 16.3 Å². The zero-order chi connectivity index (χ0) is 12.8. The minimum absolute atomic E-state index is 0.158. The first-order valence-corrected chi connectivity index (χ1v) is 4.89. The molecule has 0 heterocycles. The molecule has 5 heteroatoms. The standard InChI is InChI=1S/C11H17NO4/c1-5-6-8(7-9(13)14)12-10(15)16-11(2,3)4/h1,8H,6-7H2,2-4H3,(H,12,15)(H,13,14). The molecule has 0 spiro atoms. The molecule has 0 aromatic heterocycles. The van der Waals surface area contributed by atoms with Crippen LogP contribution in [0.15, 0.2) is 0 Å². The van der Waals surface area contributed by atoms with E-state index in [0.717, 1.165) is 0 Å². The summed E-state index contributed by atoms with van der Waals surface area (Å²) in [6, 6.07) is -0.600. The van der Waals surface area contributed by atoms with E-state index in [1.165, 1.54) is 0 Å². The minimum atomic E-state index is -1.02. The number of aliphatic carboxylic acids is 1. The Balaban J connectivity index is 4.24. The molecule has 5 nitrogen and oxygen atoms in total. The van der Waals surface area contributed by atoms with Gasteiger partial charge in [-0.1, -0.05) is 0 Å². The van der Waals surface area contributed by atoms with Crippen molar-refractivity contribution in [2.75, 3.05) is 0 Å². The average Bonchev–Trinajstić information content (AvgIpc) is 1.98. The van der Waals surface area contributed by atoms with Crippen molar-refractivity contribution in [3.05, 3.63) is 0 Å². The summed E-state index contributed by atoms with van der Waals surface area (Å²) in [5.41, 5.74) is -0.617. The van der Waals surface area contributed by atoms with Crippen molar-refractivity contribution in [3.8, 4) is 12.3 Å². The second-order valence-corrected chi connectivity index (χ2v) is 4.35. The number of alkyl carbamates (subject to hydrolysis) is 1. The van der Waals surface area contributed by atoms with Gasteiger partial charge < -0.3 is 15.2 Å². The lowest BCUT2D eigenvalue weighted by atomic mass is 10.1. The van der Waals surface area contributed by atoms with Crippen LogP contribution in [-0.4, -0.2) is 28.8 Å². The minimum Gasteiger partial charge on any atom is -0.481 e. The lowest BCUT2D eigenvalue weighted by Gasteiger charge is -2.22. The number of terminal acetylenes is 1. The highest BCUT2D eigenvalue weighted by molar-refractivity contribution is 5.71. The molecule has 0 fully saturated rings. The summed E-state index contributed by atoms with van der Waals surface area (Å²) in [7, 11) is 0. The van der Waals surface area contributed by atoms with E-state index in [1.54, 1.807) is 20.8 Å². The molecule has 0 aliphatic carbocycles. The lowest BCUT2D eigenvalue weighted by molar-refractivity contribution is -0.137. The van der Waals surface area contributed by atoms with Crippen molar-refractivity contribution in [2.45, 2.75) is 45.3 Å². The Hall–Kier alpha value is -1.70. The highest BCUT2D eigenvalue weighted by Gasteiger charge is 2.20. The van der Waals surface area contributed by atoms with Gasteiger partial charge >= 0.3 is 12.1 Å². The number of amides is 1. The number of rotatable bonds is 4. The molecular formula is C11H17NO4. The molecule has 2 N–H and O–H groups in total. The number of nitrogens with one attached hydrogen (secondary N) is 1. The van der Waals surface area contributed by atoms with Crippen molar-refractivity contribution in [1.82, 2.24) is 5.32 Å². The molecule has 1 atom stereocenters. The Morgan fingerprint density at radius 3 is 2.44 bits per heavy atom.